The lowest BCUT2D eigenvalue weighted by molar-refractivity contribution is 0.284. The second-order valence-electron chi connectivity index (χ2n) is 3.92. The Bertz CT molecular complexity index is 576. The number of nitrogen functional groups attached to an aromatic ring is 1. The first kappa shape index (κ1) is 15.8. The van der Waals surface area contributed by atoms with Crippen LogP contribution in [0.15, 0.2) is 42.7 Å². The fraction of sp³-hybridized carbons (Fsp3) is 0.143. The molecule has 0 fully saturated rings. The van der Waals surface area contributed by atoms with Crippen LogP contribution in [0.25, 0.3) is 0 Å². The van der Waals surface area contributed by atoms with Crippen LogP contribution in [-0.2, 0) is 6.61 Å². The van der Waals surface area contributed by atoms with Crippen LogP contribution in [0.2, 0.25) is 0 Å². The first-order valence-electron chi connectivity index (χ1n) is 5.75. The topological polar surface area (TPSA) is 81.2 Å². The summed E-state index contributed by atoms with van der Waals surface area (Å²) in [5, 5.41) is 7.39. The second-order valence-corrected chi connectivity index (χ2v) is 3.92. The molecule has 0 unspecified atom stereocenters. The summed E-state index contributed by atoms with van der Waals surface area (Å²) in [4.78, 5) is 3.95. The van der Waals surface area contributed by atoms with E-state index in [4.69, 9.17) is 20.6 Å². The van der Waals surface area contributed by atoms with Crippen molar-refractivity contribution in [3.8, 4) is 11.5 Å². The van der Waals surface area contributed by atoms with Gasteiger partial charge in [0.05, 0.1) is 7.11 Å². The van der Waals surface area contributed by atoms with Gasteiger partial charge in [-0.2, -0.15) is 0 Å². The van der Waals surface area contributed by atoms with E-state index in [1.807, 2.05) is 12.1 Å². The van der Waals surface area contributed by atoms with Crippen LogP contribution in [0, 0.1) is 5.41 Å². The molecule has 0 aliphatic rings. The SMILES string of the molecule is COc1cc(C(=N)N)ccc1OCc1ccncc1.Cl. The van der Waals surface area contributed by atoms with Gasteiger partial charge < -0.3 is 15.2 Å². The van der Waals surface area contributed by atoms with Crippen LogP contribution in [-0.4, -0.2) is 17.9 Å². The average molecular weight is 294 g/mol. The molecule has 106 valence electrons. The average Bonchev–Trinajstić information content (AvgIpc) is 2.45. The lowest BCUT2D eigenvalue weighted by Crippen LogP contribution is -2.11. The van der Waals surface area contributed by atoms with Gasteiger partial charge >= 0.3 is 0 Å². The molecule has 0 atom stereocenters. The van der Waals surface area contributed by atoms with Crippen molar-refractivity contribution in [3.63, 3.8) is 0 Å². The molecule has 0 saturated heterocycles. The van der Waals surface area contributed by atoms with E-state index in [0.717, 1.165) is 5.56 Å². The number of nitrogens with two attached hydrogens (primary N) is 1. The van der Waals surface area contributed by atoms with Gasteiger partial charge in [0, 0.05) is 18.0 Å². The number of amidine groups is 1. The molecule has 0 aliphatic carbocycles. The van der Waals surface area contributed by atoms with Gasteiger partial charge in [0.2, 0.25) is 0 Å². The number of nitrogens with one attached hydrogen (secondary N) is 1. The number of methoxy groups -OCH3 is 1. The largest absolute Gasteiger partial charge is 0.493 e. The van der Waals surface area contributed by atoms with Crippen molar-refractivity contribution in [1.82, 2.24) is 4.98 Å². The Morgan fingerprint density at radius 2 is 1.90 bits per heavy atom. The Morgan fingerprint density at radius 3 is 2.50 bits per heavy atom. The maximum atomic E-state index is 7.39. The summed E-state index contributed by atoms with van der Waals surface area (Å²) in [6, 6.07) is 8.93. The zero-order valence-electron chi connectivity index (χ0n) is 11.0. The highest BCUT2D eigenvalue weighted by atomic mass is 35.5. The molecular weight excluding hydrogens is 278 g/mol. The molecule has 5 nitrogen and oxygen atoms in total. The summed E-state index contributed by atoms with van der Waals surface area (Å²) in [6.07, 6.45) is 3.43. The summed E-state index contributed by atoms with van der Waals surface area (Å²) >= 11 is 0. The summed E-state index contributed by atoms with van der Waals surface area (Å²) in [6.45, 7) is 0.429. The van der Waals surface area contributed by atoms with Gasteiger partial charge in [0.15, 0.2) is 11.5 Å². The summed E-state index contributed by atoms with van der Waals surface area (Å²) in [5.41, 5.74) is 7.06. The highest BCUT2D eigenvalue weighted by molar-refractivity contribution is 5.95. The third-order valence-electron chi connectivity index (χ3n) is 2.62. The van der Waals surface area contributed by atoms with Crippen molar-refractivity contribution < 1.29 is 9.47 Å². The second kappa shape index (κ2) is 7.35. The zero-order valence-corrected chi connectivity index (χ0v) is 11.8. The van der Waals surface area contributed by atoms with Crippen LogP contribution in [0.5, 0.6) is 11.5 Å². The first-order chi connectivity index (χ1) is 9.20. The van der Waals surface area contributed by atoms with Crippen molar-refractivity contribution in [2.24, 2.45) is 5.73 Å². The van der Waals surface area contributed by atoms with E-state index < -0.39 is 0 Å². The van der Waals surface area contributed by atoms with Crippen molar-refractivity contribution in [3.05, 3.63) is 53.9 Å². The highest BCUT2D eigenvalue weighted by Gasteiger charge is 2.07. The summed E-state index contributed by atoms with van der Waals surface area (Å²) in [7, 11) is 1.55. The van der Waals surface area contributed by atoms with Gasteiger partial charge in [-0.25, -0.2) is 0 Å². The monoisotopic (exact) mass is 293 g/mol. The summed E-state index contributed by atoms with van der Waals surface area (Å²) in [5.74, 6) is 1.17. The molecule has 6 heteroatoms. The van der Waals surface area contributed by atoms with Crippen molar-refractivity contribution in [2.45, 2.75) is 6.61 Å². The molecule has 0 spiro atoms. The van der Waals surface area contributed by atoms with E-state index in [1.54, 1.807) is 37.7 Å². The molecule has 0 amide bonds. The maximum absolute atomic E-state index is 7.39. The highest BCUT2D eigenvalue weighted by Crippen LogP contribution is 2.28. The molecule has 1 heterocycles. The maximum Gasteiger partial charge on any atom is 0.161 e. The van der Waals surface area contributed by atoms with Crippen molar-refractivity contribution in [2.75, 3.05) is 7.11 Å². The number of hydrogen-bond acceptors (Lipinski definition) is 4. The quantitative estimate of drug-likeness (QED) is 0.655. The molecule has 0 aliphatic heterocycles. The molecule has 2 aromatic rings. The van der Waals surface area contributed by atoms with Crippen LogP contribution in [0.3, 0.4) is 0 Å². The molecule has 20 heavy (non-hydrogen) atoms. The van der Waals surface area contributed by atoms with Crippen LogP contribution < -0.4 is 15.2 Å². The number of ether oxygens (including phenoxy) is 2. The lowest BCUT2D eigenvalue weighted by atomic mass is 10.2. The molecular formula is C14H16ClN3O2. The van der Waals surface area contributed by atoms with Crippen molar-refractivity contribution in [1.29, 1.82) is 5.41 Å². The van der Waals surface area contributed by atoms with Crippen molar-refractivity contribution >= 4 is 18.2 Å². The number of aromatic nitrogens is 1. The third-order valence-corrected chi connectivity index (χ3v) is 2.62. The van der Waals surface area contributed by atoms with Gasteiger partial charge in [0.1, 0.15) is 12.4 Å². The minimum atomic E-state index is -0.000941. The minimum absolute atomic E-state index is 0. The van der Waals surface area contributed by atoms with Gasteiger partial charge in [-0.1, -0.05) is 0 Å². The van der Waals surface area contributed by atoms with E-state index >= 15 is 0 Å². The third kappa shape index (κ3) is 3.86. The molecule has 1 aromatic carbocycles. The number of pyridine rings is 1. The molecule has 0 saturated carbocycles. The Balaban J connectivity index is 0.00000200. The Kier molecular flexibility index (Phi) is 5.80. The zero-order chi connectivity index (χ0) is 13.7. The van der Waals surface area contributed by atoms with Gasteiger partial charge in [-0.3, -0.25) is 10.4 Å². The first-order valence-corrected chi connectivity index (χ1v) is 5.75. The predicted octanol–water partition coefficient (Wildman–Crippen LogP) is 2.38. The van der Waals surface area contributed by atoms with Crippen LogP contribution in [0.4, 0.5) is 0 Å². The van der Waals surface area contributed by atoms with E-state index in [-0.39, 0.29) is 18.2 Å². The number of hydrogen-bond donors (Lipinski definition) is 2. The fourth-order valence-electron chi connectivity index (χ4n) is 1.59. The Labute approximate surface area is 123 Å². The van der Waals surface area contributed by atoms with E-state index in [2.05, 4.69) is 4.98 Å². The fourth-order valence-corrected chi connectivity index (χ4v) is 1.59. The number of nitrogens with zero attached hydrogens (tertiary/aromatic N) is 1. The van der Waals surface area contributed by atoms with Crippen LogP contribution >= 0.6 is 12.4 Å². The molecule has 1 aromatic heterocycles. The smallest absolute Gasteiger partial charge is 0.161 e. The van der Waals surface area contributed by atoms with Gasteiger partial charge in [-0.05, 0) is 35.9 Å². The minimum Gasteiger partial charge on any atom is -0.493 e. The normalized spacial score (nSPS) is 9.45. The number of rotatable bonds is 5. The van der Waals surface area contributed by atoms with Gasteiger partial charge in [0.25, 0.3) is 0 Å². The standard InChI is InChI=1S/C14H15N3O2.ClH/c1-18-13-8-11(14(15)16)2-3-12(13)19-9-10-4-6-17-7-5-10;/h2-8H,9H2,1H3,(H3,15,16);1H. The number of halogens is 1. The molecule has 0 radical (unpaired) electrons. The molecule has 3 N–H and O–H groups in total. The van der Waals surface area contributed by atoms with Crippen LogP contribution in [0.1, 0.15) is 11.1 Å². The Hall–Kier alpha value is -2.27. The summed E-state index contributed by atoms with van der Waals surface area (Å²) < 4.78 is 10.9. The van der Waals surface area contributed by atoms with Gasteiger partial charge in [-0.15, -0.1) is 12.4 Å². The van der Waals surface area contributed by atoms with E-state index in [9.17, 15) is 0 Å². The van der Waals surface area contributed by atoms with E-state index in [1.165, 1.54) is 0 Å². The lowest BCUT2D eigenvalue weighted by Gasteiger charge is -2.11. The Morgan fingerprint density at radius 1 is 1.20 bits per heavy atom. The predicted molar refractivity (Wildman–Crippen MR) is 79.8 cm³/mol. The molecule has 0 bridgehead atoms. The van der Waals surface area contributed by atoms with E-state index in [0.29, 0.717) is 23.7 Å². The number of benzene rings is 1. The molecule has 2 rings (SSSR count).